The molecule has 1 aliphatic rings. The zero-order valence-electron chi connectivity index (χ0n) is 15.9. The molecule has 1 N–H and O–H groups in total. The summed E-state index contributed by atoms with van der Waals surface area (Å²) in [5.74, 6) is -0.234. The normalized spacial score (nSPS) is 17.3. The van der Waals surface area contributed by atoms with Gasteiger partial charge in [0.15, 0.2) is 6.10 Å². The van der Waals surface area contributed by atoms with Crippen LogP contribution in [0.25, 0.3) is 0 Å². The SMILES string of the molecule is CC(Oc1ccccc1CN1CCCN(CC(=O)N(C)C)CC1)C(=O)O. The molecule has 0 aromatic heterocycles. The second-order valence-corrected chi connectivity index (χ2v) is 6.90. The Hall–Kier alpha value is -2.12. The molecule has 1 unspecified atom stereocenters. The van der Waals surface area contributed by atoms with Gasteiger partial charge in [0.25, 0.3) is 0 Å². The molecule has 1 saturated heterocycles. The Morgan fingerprint density at radius 2 is 1.81 bits per heavy atom. The Balaban J connectivity index is 1.95. The molecule has 1 aliphatic heterocycles. The third-order valence-corrected chi connectivity index (χ3v) is 4.56. The Labute approximate surface area is 155 Å². The van der Waals surface area contributed by atoms with Crippen molar-refractivity contribution in [3.05, 3.63) is 29.8 Å². The molecular weight excluding hydrogens is 334 g/mol. The second kappa shape index (κ2) is 9.54. The zero-order chi connectivity index (χ0) is 19.1. The Morgan fingerprint density at radius 1 is 1.15 bits per heavy atom. The van der Waals surface area contributed by atoms with Crippen molar-refractivity contribution in [3.8, 4) is 5.75 Å². The quantitative estimate of drug-likeness (QED) is 0.783. The Bertz CT molecular complexity index is 621. The minimum Gasteiger partial charge on any atom is -0.479 e. The van der Waals surface area contributed by atoms with Crippen LogP contribution in [0.2, 0.25) is 0 Å². The molecule has 1 amide bonds. The van der Waals surface area contributed by atoms with Crippen LogP contribution in [0.5, 0.6) is 5.75 Å². The van der Waals surface area contributed by atoms with Gasteiger partial charge in [0.05, 0.1) is 6.54 Å². The summed E-state index contributed by atoms with van der Waals surface area (Å²) in [6.07, 6.45) is 0.114. The van der Waals surface area contributed by atoms with Crippen LogP contribution in [0.4, 0.5) is 0 Å². The summed E-state index contributed by atoms with van der Waals surface area (Å²) in [4.78, 5) is 29.1. The van der Waals surface area contributed by atoms with Crippen molar-refractivity contribution in [2.24, 2.45) is 0 Å². The molecule has 144 valence electrons. The predicted molar refractivity (Wildman–Crippen MR) is 99.2 cm³/mol. The highest BCUT2D eigenvalue weighted by Crippen LogP contribution is 2.22. The van der Waals surface area contributed by atoms with Gasteiger partial charge in [-0.25, -0.2) is 4.79 Å². The summed E-state index contributed by atoms with van der Waals surface area (Å²) < 4.78 is 5.59. The molecule has 0 saturated carbocycles. The Kier molecular flexibility index (Phi) is 7.41. The largest absolute Gasteiger partial charge is 0.479 e. The first-order valence-electron chi connectivity index (χ1n) is 8.99. The van der Waals surface area contributed by atoms with Gasteiger partial charge in [-0.2, -0.15) is 0 Å². The van der Waals surface area contributed by atoms with Crippen LogP contribution < -0.4 is 4.74 Å². The average molecular weight is 363 g/mol. The van der Waals surface area contributed by atoms with Gasteiger partial charge in [0.1, 0.15) is 5.75 Å². The van der Waals surface area contributed by atoms with Gasteiger partial charge in [-0.05, 0) is 32.5 Å². The molecule has 26 heavy (non-hydrogen) atoms. The lowest BCUT2D eigenvalue weighted by Crippen LogP contribution is -2.38. The summed E-state index contributed by atoms with van der Waals surface area (Å²) in [6, 6.07) is 7.58. The minimum absolute atomic E-state index is 0.125. The van der Waals surface area contributed by atoms with Gasteiger partial charge in [0, 0.05) is 39.3 Å². The van der Waals surface area contributed by atoms with Crippen molar-refractivity contribution >= 4 is 11.9 Å². The van der Waals surface area contributed by atoms with Crippen LogP contribution >= 0.6 is 0 Å². The van der Waals surface area contributed by atoms with E-state index in [0.717, 1.165) is 38.2 Å². The molecule has 7 nitrogen and oxygen atoms in total. The van der Waals surface area contributed by atoms with E-state index >= 15 is 0 Å². The van der Waals surface area contributed by atoms with E-state index < -0.39 is 12.1 Å². The number of para-hydroxylation sites is 1. The van der Waals surface area contributed by atoms with Crippen LogP contribution in [0.15, 0.2) is 24.3 Å². The van der Waals surface area contributed by atoms with E-state index in [4.69, 9.17) is 9.84 Å². The summed E-state index contributed by atoms with van der Waals surface area (Å²) in [7, 11) is 3.56. The molecule has 0 aliphatic carbocycles. The number of amides is 1. The van der Waals surface area contributed by atoms with E-state index in [9.17, 15) is 9.59 Å². The highest BCUT2D eigenvalue weighted by Gasteiger charge is 2.20. The fourth-order valence-electron chi connectivity index (χ4n) is 2.90. The average Bonchev–Trinajstić information content (AvgIpc) is 2.81. The zero-order valence-corrected chi connectivity index (χ0v) is 15.9. The topological polar surface area (TPSA) is 73.3 Å². The van der Waals surface area contributed by atoms with Crippen molar-refractivity contribution in [1.82, 2.24) is 14.7 Å². The van der Waals surface area contributed by atoms with Crippen molar-refractivity contribution in [2.45, 2.75) is 26.0 Å². The lowest BCUT2D eigenvalue weighted by molar-refractivity contribution is -0.144. The maximum absolute atomic E-state index is 11.9. The van der Waals surface area contributed by atoms with E-state index in [-0.39, 0.29) is 5.91 Å². The third-order valence-electron chi connectivity index (χ3n) is 4.56. The third kappa shape index (κ3) is 6.00. The lowest BCUT2D eigenvalue weighted by Gasteiger charge is -2.23. The van der Waals surface area contributed by atoms with Crippen LogP contribution in [0, 0.1) is 0 Å². The first kappa shape index (κ1) is 20.2. The maximum Gasteiger partial charge on any atom is 0.344 e. The smallest absolute Gasteiger partial charge is 0.344 e. The number of carboxylic acids is 1. The van der Waals surface area contributed by atoms with Crippen LogP contribution in [0.1, 0.15) is 18.9 Å². The number of likely N-dealkylation sites (N-methyl/N-ethyl adjacent to an activating group) is 1. The van der Waals surface area contributed by atoms with Gasteiger partial charge in [-0.1, -0.05) is 18.2 Å². The highest BCUT2D eigenvalue weighted by atomic mass is 16.5. The Morgan fingerprint density at radius 3 is 2.50 bits per heavy atom. The molecule has 2 rings (SSSR count). The number of carboxylic acid groups (broad SMARTS) is 1. The van der Waals surface area contributed by atoms with E-state index in [1.54, 1.807) is 19.0 Å². The molecule has 1 aromatic rings. The number of nitrogens with zero attached hydrogens (tertiary/aromatic N) is 3. The van der Waals surface area contributed by atoms with Crippen LogP contribution in [-0.4, -0.2) is 84.6 Å². The molecule has 1 heterocycles. The van der Waals surface area contributed by atoms with Gasteiger partial charge in [-0.3, -0.25) is 14.6 Å². The first-order valence-corrected chi connectivity index (χ1v) is 8.99. The molecule has 1 fully saturated rings. The summed E-state index contributed by atoms with van der Waals surface area (Å²) >= 11 is 0. The van der Waals surface area contributed by atoms with Crippen LogP contribution in [0.3, 0.4) is 0 Å². The van der Waals surface area contributed by atoms with Gasteiger partial charge in [-0.15, -0.1) is 0 Å². The number of ether oxygens (including phenoxy) is 1. The highest BCUT2D eigenvalue weighted by molar-refractivity contribution is 5.77. The number of benzene rings is 1. The van der Waals surface area contributed by atoms with Gasteiger partial charge in [0.2, 0.25) is 5.91 Å². The standard InChI is InChI=1S/C19H29N3O4/c1-15(19(24)25)26-17-8-5-4-7-16(17)13-21-9-6-10-22(12-11-21)14-18(23)20(2)3/h4-5,7-8,15H,6,9-14H2,1-3H3,(H,24,25). The van der Waals surface area contributed by atoms with E-state index in [1.807, 2.05) is 24.3 Å². The van der Waals surface area contributed by atoms with Crippen molar-refractivity contribution in [1.29, 1.82) is 0 Å². The molecule has 0 radical (unpaired) electrons. The van der Waals surface area contributed by atoms with Gasteiger partial charge < -0.3 is 14.7 Å². The van der Waals surface area contributed by atoms with E-state index in [2.05, 4.69) is 9.80 Å². The van der Waals surface area contributed by atoms with E-state index in [1.165, 1.54) is 6.92 Å². The molecule has 1 aromatic carbocycles. The number of carbonyl (C=O) groups is 2. The second-order valence-electron chi connectivity index (χ2n) is 6.90. The number of hydrogen-bond donors (Lipinski definition) is 1. The molecule has 1 atom stereocenters. The number of rotatable bonds is 7. The molecular formula is C19H29N3O4. The van der Waals surface area contributed by atoms with Crippen molar-refractivity contribution < 1.29 is 19.4 Å². The van der Waals surface area contributed by atoms with E-state index in [0.29, 0.717) is 18.8 Å². The maximum atomic E-state index is 11.9. The lowest BCUT2D eigenvalue weighted by atomic mass is 10.2. The first-order chi connectivity index (χ1) is 12.4. The van der Waals surface area contributed by atoms with Crippen molar-refractivity contribution in [3.63, 3.8) is 0 Å². The van der Waals surface area contributed by atoms with Crippen molar-refractivity contribution in [2.75, 3.05) is 46.8 Å². The number of aliphatic carboxylic acids is 1. The minimum atomic E-state index is -0.976. The van der Waals surface area contributed by atoms with Crippen LogP contribution in [-0.2, 0) is 16.1 Å². The summed E-state index contributed by atoms with van der Waals surface area (Å²) in [5.41, 5.74) is 0.985. The molecule has 0 spiro atoms. The number of hydrogen-bond acceptors (Lipinski definition) is 5. The number of carbonyl (C=O) groups excluding carboxylic acids is 1. The molecule has 7 heteroatoms. The summed E-state index contributed by atoms with van der Waals surface area (Å²) in [6.45, 7) is 6.25. The van der Waals surface area contributed by atoms with Gasteiger partial charge >= 0.3 is 5.97 Å². The molecule has 0 bridgehead atoms. The fraction of sp³-hybridized carbons (Fsp3) is 0.579. The summed E-state index contributed by atoms with van der Waals surface area (Å²) in [5, 5.41) is 9.06. The fourth-order valence-corrected chi connectivity index (χ4v) is 2.90. The predicted octanol–water partition coefficient (Wildman–Crippen LogP) is 1.13. The monoisotopic (exact) mass is 363 g/mol.